The van der Waals surface area contributed by atoms with E-state index in [-0.39, 0.29) is 5.56 Å². The molecule has 5 nitrogen and oxygen atoms in total. The minimum Gasteiger partial charge on any atom is -0.478 e. The third-order valence-electron chi connectivity index (χ3n) is 2.11. The summed E-state index contributed by atoms with van der Waals surface area (Å²) in [4.78, 5) is 22.3. The fraction of sp³-hybridized carbons (Fsp3) is 0.385. The number of hydrogen-bond acceptors (Lipinski definition) is 3. The Kier molecular flexibility index (Phi) is 3.96. The molecule has 0 heterocycles. The highest BCUT2D eigenvalue weighted by atomic mass is 16.6. The van der Waals surface area contributed by atoms with Gasteiger partial charge in [0.2, 0.25) is 0 Å². The van der Waals surface area contributed by atoms with E-state index in [0.29, 0.717) is 11.3 Å². The van der Waals surface area contributed by atoms with Gasteiger partial charge in [0.15, 0.2) is 0 Å². The summed E-state index contributed by atoms with van der Waals surface area (Å²) in [7, 11) is 0. The molecule has 1 rings (SSSR count). The highest BCUT2D eigenvalue weighted by molar-refractivity contribution is 5.90. The number of rotatable bonds is 2. The highest BCUT2D eigenvalue weighted by Crippen LogP contribution is 2.18. The number of aromatic carboxylic acids is 1. The maximum absolute atomic E-state index is 11.5. The van der Waals surface area contributed by atoms with E-state index in [1.54, 1.807) is 33.8 Å². The Labute approximate surface area is 106 Å². The normalized spacial score (nSPS) is 10.9. The third-order valence-corrected chi connectivity index (χ3v) is 2.11. The summed E-state index contributed by atoms with van der Waals surface area (Å²) in [6, 6.07) is 4.47. The Morgan fingerprint density at radius 3 is 2.33 bits per heavy atom. The van der Waals surface area contributed by atoms with Gasteiger partial charge in [-0.3, -0.25) is 5.32 Å². The lowest BCUT2D eigenvalue weighted by molar-refractivity contribution is 0.0634. The van der Waals surface area contributed by atoms with Crippen molar-refractivity contribution in [1.82, 2.24) is 0 Å². The molecule has 0 aliphatic heterocycles. The number of carbonyl (C=O) groups excluding carboxylic acids is 1. The van der Waals surface area contributed by atoms with E-state index < -0.39 is 17.7 Å². The van der Waals surface area contributed by atoms with Gasteiger partial charge in [0.1, 0.15) is 5.60 Å². The van der Waals surface area contributed by atoms with Crippen LogP contribution in [0.25, 0.3) is 0 Å². The monoisotopic (exact) mass is 251 g/mol. The number of anilines is 1. The average molecular weight is 251 g/mol. The molecule has 0 spiro atoms. The summed E-state index contributed by atoms with van der Waals surface area (Å²) in [5.41, 5.74) is 0.816. The molecule has 1 aromatic rings. The third kappa shape index (κ3) is 4.08. The molecule has 0 aliphatic carbocycles. The summed E-state index contributed by atoms with van der Waals surface area (Å²) < 4.78 is 5.11. The molecule has 0 aromatic heterocycles. The molecular formula is C13H17NO4. The van der Waals surface area contributed by atoms with Gasteiger partial charge in [-0.05, 0) is 51.5 Å². The maximum Gasteiger partial charge on any atom is 0.412 e. The number of nitrogens with one attached hydrogen (secondary N) is 1. The topological polar surface area (TPSA) is 75.6 Å². The smallest absolute Gasteiger partial charge is 0.412 e. The average Bonchev–Trinajstić information content (AvgIpc) is 2.17. The van der Waals surface area contributed by atoms with Gasteiger partial charge in [0.05, 0.1) is 5.56 Å². The molecule has 1 amide bonds. The lowest BCUT2D eigenvalue weighted by atomic mass is 10.1. The van der Waals surface area contributed by atoms with Crippen LogP contribution in [0.3, 0.4) is 0 Å². The predicted molar refractivity (Wildman–Crippen MR) is 68.0 cm³/mol. The minimum atomic E-state index is -0.998. The predicted octanol–water partition coefficient (Wildman–Crippen LogP) is 3.04. The van der Waals surface area contributed by atoms with Gasteiger partial charge >= 0.3 is 12.1 Å². The number of ether oxygens (including phenoxy) is 1. The van der Waals surface area contributed by atoms with E-state index in [2.05, 4.69) is 5.32 Å². The van der Waals surface area contributed by atoms with Crippen molar-refractivity contribution in [2.75, 3.05) is 5.32 Å². The Balaban J connectivity index is 2.80. The molecule has 0 saturated carbocycles. The zero-order chi connectivity index (χ0) is 13.9. The van der Waals surface area contributed by atoms with Crippen LogP contribution in [-0.4, -0.2) is 22.8 Å². The molecule has 18 heavy (non-hydrogen) atoms. The van der Waals surface area contributed by atoms with Crippen LogP contribution in [0.15, 0.2) is 18.2 Å². The summed E-state index contributed by atoms with van der Waals surface area (Å²) in [5.74, 6) is -0.998. The first-order valence-corrected chi connectivity index (χ1v) is 5.53. The van der Waals surface area contributed by atoms with Crippen LogP contribution < -0.4 is 5.32 Å². The summed E-state index contributed by atoms with van der Waals surface area (Å²) in [6.07, 6.45) is -0.561. The van der Waals surface area contributed by atoms with Crippen molar-refractivity contribution < 1.29 is 19.4 Å². The van der Waals surface area contributed by atoms with Crippen molar-refractivity contribution in [2.24, 2.45) is 0 Å². The minimum absolute atomic E-state index is 0.183. The molecule has 0 aliphatic rings. The fourth-order valence-corrected chi connectivity index (χ4v) is 1.35. The van der Waals surface area contributed by atoms with Crippen LogP contribution in [0, 0.1) is 6.92 Å². The fourth-order valence-electron chi connectivity index (χ4n) is 1.35. The summed E-state index contributed by atoms with van der Waals surface area (Å²) in [5, 5.41) is 11.4. The number of hydrogen-bond donors (Lipinski definition) is 2. The van der Waals surface area contributed by atoms with Gasteiger partial charge in [-0.1, -0.05) is 0 Å². The molecule has 0 bridgehead atoms. The number of benzene rings is 1. The van der Waals surface area contributed by atoms with Crippen molar-refractivity contribution in [3.05, 3.63) is 29.3 Å². The Hall–Kier alpha value is -2.04. The Morgan fingerprint density at radius 1 is 1.28 bits per heavy atom. The molecule has 1 aromatic carbocycles. The first kappa shape index (κ1) is 14.0. The van der Waals surface area contributed by atoms with Gasteiger partial charge in [-0.2, -0.15) is 0 Å². The van der Waals surface area contributed by atoms with E-state index in [0.717, 1.165) is 0 Å². The first-order valence-electron chi connectivity index (χ1n) is 5.53. The number of aryl methyl sites for hydroxylation is 1. The van der Waals surface area contributed by atoms with Gasteiger partial charge in [-0.15, -0.1) is 0 Å². The van der Waals surface area contributed by atoms with Gasteiger partial charge in [0.25, 0.3) is 0 Å². The molecule has 0 fully saturated rings. The highest BCUT2D eigenvalue weighted by Gasteiger charge is 2.17. The molecule has 98 valence electrons. The van der Waals surface area contributed by atoms with Crippen LogP contribution in [0.2, 0.25) is 0 Å². The lowest BCUT2D eigenvalue weighted by Crippen LogP contribution is -2.27. The van der Waals surface area contributed by atoms with E-state index in [4.69, 9.17) is 9.84 Å². The molecule has 0 atom stereocenters. The number of amides is 1. The van der Waals surface area contributed by atoms with Gasteiger partial charge in [0, 0.05) is 5.69 Å². The molecule has 0 saturated heterocycles. The standard InChI is InChI=1S/C13H17NO4/c1-8-7-9(11(15)16)5-6-10(8)14-12(17)18-13(2,3)4/h5-7H,1-4H3,(H,14,17)(H,15,16). The zero-order valence-corrected chi connectivity index (χ0v) is 10.9. The van der Waals surface area contributed by atoms with E-state index in [1.807, 2.05) is 0 Å². The number of carboxylic acid groups (broad SMARTS) is 1. The Morgan fingerprint density at radius 2 is 1.89 bits per heavy atom. The molecular weight excluding hydrogens is 234 g/mol. The summed E-state index contributed by atoms with van der Waals surface area (Å²) >= 11 is 0. The van der Waals surface area contributed by atoms with Crippen LogP contribution in [0.1, 0.15) is 36.7 Å². The maximum atomic E-state index is 11.5. The van der Waals surface area contributed by atoms with Crippen molar-refractivity contribution in [3.8, 4) is 0 Å². The second kappa shape index (κ2) is 5.08. The van der Waals surface area contributed by atoms with Crippen LogP contribution in [0.4, 0.5) is 10.5 Å². The number of carboxylic acids is 1. The quantitative estimate of drug-likeness (QED) is 0.847. The van der Waals surface area contributed by atoms with Crippen molar-refractivity contribution in [1.29, 1.82) is 0 Å². The Bertz CT molecular complexity index is 474. The van der Waals surface area contributed by atoms with E-state index >= 15 is 0 Å². The van der Waals surface area contributed by atoms with Crippen molar-refractivity contribution in [3.63, 3.8) is 0 Å². The second-order valence-corrected chi connectivity index (χ2v) is 4.96. The summed E-state index contributed by atoms with van der Waals surface area (Å²) in [6.45, 7) is 7.03. The van der Waals surface area contributed by atoms with Gasteiger partial charge in [-0.25, -0.2) is 9.59 Å². The van der Waals surface area contributed by atoms with E-state index in [9.17, 15) is 9.59 Å². The van der Waals surface area contributed by atoms with Crippen molar-refractivity contribution in [2.45, 2.75) is 33.3 Å². The van der Waals surface area contributed by atoms with Crippen LogP contribution in [-0.2, 0) is 4.74 Å². The molecule has 5 heteroatoms. The zero-order valence-electron chi connectivity index (χ0n) is 10.9. The second-order valence-electron chi connectivity index (χ2n) is 4.96. The van der Waals surface area contributed by atoms with E-state index in [1.165, 1.54) is 12.1 Å². The SMILES string of the molecule is Cc1cc(C(=O)O)ccc1NC(=O)OC(C)(C)C. The molecule has 0 unspecified atom stereocenters. The van der Waals surface area contributed by atoms with Gasteiger partial charge < -0.3 is 9.84 Å². The first-order chi connectivity index (χ1) is 8.19. The lowest BCUT2D eigenvalue weighted by Gasteiger charge is -2.20. The molecule has 2 N–H and O–H groups in total. The number of carbonyl (C=O) groups is 2. The van der Waals surface area contributed by atoms with Crippen LogP contribution >= 0.6 is 0 Å². The van der Waals surface area contributed by atoms with Crippen molar-refractivity contribution >= 4 is 17.7 Å². The van der Waals surface area contributed by atoms with Crippen LogP contribution in [0.5, 0.6) is 0 Å². The molecule has 0 radical (unpaired) electrons. The largest absolute Gasteiger partial charge is 0.478 e.